The Bertz CT molecular complexity index is 1890. The largest absolute Gasteiger partial charge is 0.444 e. The number of benzene rings is 1. The molecule has 0 radical (unpaired) electrons. The molecule has 0 saturated carbocycles. The SMILES string of the molecule is C[C@@H]1COCCN1C[C@H]1CN(C(=O)OC(C)(C)C)[C@H](C)CN1CC(=O)N1CC(C)(C)c2c1cc(Cc1ccc(F)cc1)c1nc(N3CCNC(=O)C3)nn21. The van der Waals surface area contributed by atoms with E-state index in [0.717, 1.165) is 29.1 Å². The van der Waals surface area contributed by atoms with Crippen molar-refractivity contribution in [2.45, 2.75) is 84.0 Å². The lowest BCUT2D eigenvalue weighted by molar-refractivity contribution is -0.122. The van der Waals surface area contributed by atoms with Crippen LogP contribution in [0.25, 0.3) is 5.65 Å². The Labute approximate surface area is 316 Å². The Morgan fingerprint density at radius 2 is 1.83 bits per heavy atom. The van der Waals surface area contributed by atoms with Gasteiger partial charge in [-0.1, -0.05) is 26.0 Å². The average molecular weight is 748 g/mol. The van der Waals surface area contributed by atoms with Gasteiger partial charge >= 0.3 is 6.09 Å². The highest BCUT2D eigenvalue weighted by Gasteiger charge is 2.44. The molecule has 1 aromatic carbocycles. The molecule has 4 aliphatic heterocycles. The van der Waals surface area contributed by atoms with E-state index < -0.39 is 11.0 Å². The van der Waals surface area contributed by atoms with Crippen LogP contribution in [0, 0.1) is 5.82 Å². The number of piperazine rings is 2. The van der Waals surface area contributed by atoms with E-state index in [1.807, 2.05) is 53.0 Å². The van der Waals surface area contributed by atoms with Gasteiger partial charge in [0.05, 0.1) is 37.7 Å². The summed E-state index contributed by atoms with van der Waals surface area (Å²) in [5, 5.41) is 7.85. The molecule has 7 rings (SSSR count). The zero-order valence-electron chi connectivity index (χ0n) is 32.6. The van der Waals surface area contributed by atoms with Crippen LogP contribution in [0.5, 0.6) is 0 Å². The standard InChI is InChI=1S/C39H54FN9O5/c1-25-18-46(30(19-44-14-15-53-23-26(44)2)20-47(25)37(52)54-38(3,4)5)22-33(51)48-24-39(6,7)34-31(48)17-28(16-27-8-10-29(40)11-9-27)35-42-36(43-49(34)35)45-13-12-41-32(50)21-45/h8-11,17,25-26,30H,12-16,18-24H2,1-7H3,(H,41,50)/t25-,26-,30+/m1/s1. The van der Waals surface area contributed by atoms with Gasteiger partial charge in [-0.15, -0.1) is 5.10 Å². The lowest BCUT2D eigenvalue weighted by Gasteiger charge is -2.47. The van der Waals surface area contributed by atoms with Crippen LogP contribution in [0.3, 0.4) is 0 Å². The molecule has 3 saturated heterocycles. The number of amides is 3. The van der Waals surface area contributed by atoms with Crippen molar-refractivity contribution in [3.8, 4) is 0 Å². The van der Waals surface area contributed by atoms with Crippen LogP contribution < -0.4 is 15.1 Å². The fourth-order valence-corrected chi connectivity index (χ4v) is 8.20. The van der Waals surface area contributed by atoms with Crippen LogP contribution >= 0.6 is 0 Å². The minimum Gasteiger partial charge on any atom is -0.444 e. The summed E-state index contributed by atoms with van der Waals surface area (Å²) in [5.41, 5.74) is 2.92. The van der Waals surface area contributed by atoms with E-state index in [0.29, 0.717) is 70.5 Å². The Hall–Kier alpha value is -4.34. The van der Waals surface area contributed by atoms with Gasteiger partial charge in [0, 0.05) is 81.3 Å². The van der Waals surface area contributed by atoms with Gasteiger partial charge in [0.15, 0.2) is 5.65 Å². The number of rotatable bonds is 7. The number of carbonyl (C=O) groups excluding carboxylic acids is 3. The number of aromatic nitrogens is 3. The number of pyridine rings is 1. The molecular formula is C39H54FN9O5. The van der Waals surface area contributed by atoms with Crippen molar-refractivity contribution in [1.82, 2.24) is 34.6 Å². The van der Waals surface area contributed by atoms with E-state index in [2.05, 4.69) is 35.9 Å². The molecule has 14 nitrogen and oxygen atoms in total. The average Bonchev–Trinajstić information content (AvgIpc) is 3.66. The van der Waals surface area contributed by atoms with Crippen molar-refractivity contribution in [3.63, 3.8) is 0 Å². The summed E-state index contributed by atoms with van der Waals surface area (Å²) in [7, 11) is 0. The Morgan fingerprint density at radius 3 is 2.54 bits per heavy atom. The highest BCUT2D eigenvalue weighted by Crippen LogP contribution is 2.42. The summed E-state index contributed by atoms with van der Waals surface area (Å²) in [6.45, 7) is 19.5. The molecule has 6 heterocycles. The lowest BCUT2D eigenvalue weighted by atomic mass is 9.90. The third kappa shape index (κ3) is 7.89. The van der Waals surface area contributed by atoms with E-state index in [9.17, 15) is 18.8 Å². The summed E-state index contributed by atoms with van der Waals surface area (Å²) in [6.07, 6.45) is 0.105. The second-order valence-electron chi connectivity index (χ2n) is 17.0. The third-order valence-corrected chi connectivity index (χ3v) is 10.9. The molecule has 4 aliphatic rings. The lowest BCUT2D eigenvalue weighted by Crippen LogP contribution is -2.64. The monoisotopic (exact) mass is 747 g/mol. The van der Waals surface area contributed by atoms with Crippen molar-refractivity contribution in [2.75, 3.05) is 81.9 Å². The van der Waals surface area contributed by atoms with Crippen LogP contribution in [0.2, 0.25) is 0 Å². The van der Waals surface area contributed by atoms with Gasteiger partial charge in [0.2, 0.25) is 17.8 Å². The van der Waals surface area contributed by atoms with Crippen LogP contribution in [-0.2, 0) is 30.9 Å². The van der Waals surface area contributed by atoms with Gasteiger partial charge in [-0.2, -0.15) is 4.98 Å². The van der Waals surface area contributed by atoms with Crippen LogP contribution in [0.4, 0.5) is 20.8 Å². The number of hydrogen-bond acceptors (Lipinski definition) is 10. The highest BCUT2D eigenvalue weighted by atomic mass is 19.1. The molecule has 54 heavy (non-hydrogen) atoms. The third-order valence-electron chi connectivity index (χ3n) is 10.9. The number of nitrogens with zero attached hydrogens (tertiary/aromatic N) is 8. The van der Waals surface area contributed by atoms with Crippen molar-refractivity contribution >= 4 is 35.2 Å². The number of fused-ring (bicyclic) bond motifs is 3. The number of morpholine rings is 1. The van der Waals surface area contributed by atoms with Gasteiger partial charge in [-0.25, -0.2) is 13.7 Å². The molecular weight excluding hydrogens is 693 g/mol. The van der Waals surface area contributed by atoms with Crippen molar-refractivity contribution in [3.05, 3.63) is 53.0 Å². The molecule has 3 atom stereocenters. The number of anilines is 2. The quantitative estimate of drug-likeness (QED) is 0.386. The van der Waals surface area contributed by atoms with E-state index in [1.165, 1.54) is 12.1 Å². The van der Waals surface area contributed by atoms with Gasteiger partial charge in [0.1, 0.15) is 11.4 Å². The summed E-state index contributed by atoms with van der Waals surface area (Å²) >= 11 is 0. The maximum atomic E-state index is 14.7. The first-order chi connectivity index (χ1) is 25.6. The predicted octanol–water partition coefficient (Wildman–Crippen LogP) is 3.05. The maximum absolute atomic E-state index is 14.7. The van der Waals surface area contributed by atoms with E-state index in [-0.39, 0.29) is 54.9 Å². The summed E-state index contributed by atoms with van der Waals surface area (Å²) in [6, 6.07) is 8.38. The minimum absolute atomic E-state index is 0.0418. The number of halogens is 1. The van der Waals surface area contributed by atoms with Crippen molar-refractivity contribution in [2.24, 2.45) is 0 Å². The Kier molecular flexibility index (Phi) is 10.3. The molecule has 0 spiro atoms. The zero-order chi connectivity index (χ0) is 38.5. The summed E-state index contributed by atoms with van der Waals surface area (Å²) in [5.74, 6) is 0.0137. The molecule has 0 bridgehead atoms. The first-order valence-electron chi connectivity index (χ1n) is 19.1. The number of ether oxygens (including phenoxy) is 2. The molecule has 3 fully saturated rings. The number of carbonyl (C=O) groups is 3. The van der Waals surface area contributed by atoms with Gasteiger partial charge in [-0.3, -0.25) is 19.4 Å². The molecule has 3 aromatic rings. The zero-order valence-corrected chi connectivity index (χ0v) is 32.6. The van der Waals surface area contributed by atoms with Crippen molar-refractivity contribution < 1.29 is 28.2 Å². The van der Waals surface area contributed by atoms with Crippen LogP contribution in [-0.4, -0.2) is 143 Å². The second kappa shape index (κ2) is 14.7. The van der Waals surface area contributed by atoms with E-state index in [1.54, 1.807) is 12.1 Å². The van der Waals surface area contributed by atoms with E-state index >= 15 is 0 Å². The second-order valence-corrected chi connectivity index (χ2v) is 17.0. The maximum Gasteiger partial charge on any atom is 0.410 e. The number of hydrogen-bond donors (Lipinski definition) is 1. The molecule has 0 aliphatic carbocycles. The normalized spacial score (nSPS) is 23.8. The molecule has 2 aromatic heterocycles. The highest BCUT2D eigenvalue weighted by molar-refractivity contribution is 5.98. The molecule has 292 valence electrons. The Balaban J connectivity index is 1.22. The minimum atomic E-state index is -0.623. The number of nitrogens with one attached hydrogen (secondary N) is 1. The molecule has 1 N–H and O–H groups in total. The van der Waals surface area contributed by atoms with Crippen LogP contribution in [0.15, 0.2) is 30.3 Å². The van der Waals surface area contributed by atoms with E-state index in [4.69, 9.17) is 19.6 Å². The molecule has 0 unspecified atom stereocenters. The fraction of sp³-hybridized carbons (Fsp3) is 0.615. The Morgan fingerprint density at radius 1 is 1.07 bits per heavy atom. The van der Waals surface area contributed by atoms with Crippen molar-refractivity contribution in [1.29, 1.82) is 0 Å². The predicted molar refractivity (Wildman–Crippen MR) is 202 cm³/mol. The fourth-order valence-electron chi connectivity index (χ4n) is 8.20. The summed E-state index contributed by atoms with van der Waals surface area (Å²) in [4.78, 5) is 55.6. The summed E-state index contributed by atoms with van der Waals surface area (Å²) < 4.78 is 27.3. The molecule has 15 heteroatoms. The molecule has 3 amide bonds. The van der Waals surface area contributed by atoms with Gasteiger partial charge in [0.25, 0.3) is 0 Å². The first-order valence-corrected chi connectivity index (χ1v) is 19.1. The smallest absolute Gasteiger partial charge is 0.410 e. The topological polar surface area (TPSA) is 128 Å². The van der Waals surface area contributed by atoms with Gasteiger partial charge in [-0.05, 0) is 58.4 Å². The first kappa shape index (κ1) is 38.0. The van der Waals surface area contributed by atoms with Gasteiger partial charge < -0.3 is 29.5 Å². The van der Waals surface area contributed by atoms with Crippen LogP contribution in [0.1, 0.15) is 65.3 Å².